The molecule has 0 saturated carbocycles. The highest BCUT2D eigenvalue weighted by Crippen LogP contribution is 2.13. The first-order chi connectivity index (χ1) is 12.5. The van der Waals surface area contributed by atoms with Crippen LogP contribution in [0.2, 0.25) is 0 Å². The lowest BCUT2D eigenvalue weighted by molar-refractivity contribution is -0.136. The summed E-state index contributed by atoms with van der Waals surface area (Å²) in [5.74, 6) is 0.0442. The Morgan fingerprint density at radius 2 is 1.77 bits per heavy atom. The third-order valence-electron chi connectivity index (χ3n) is 5.10. The molecule has 2 amide bonds. The van der Waals surface area contributed by atoms with Crippen LogP contribution < -0.4 is 5.32 Å². The molecule has 1 heterocycles. The number of ether oxygens (including phenoxy) is 1. The fourth-order valence-electron chi connectivity index (χ4n) is 3.06. The van der Waals surface area contributed by atoms with Crippen LogP contribution in [0.3, 0.4) is 0 Å². The highest BCUT2D eigenvalue weighted by Gasteiger charge is 2.31. The molecular weight excluding hydrogens is 330 g/mol. The van der Waals surface area contributed by atoms with Crippen molar-refractivity contribution >= 4 is 12.0 Å². The monoisotopic (exact) mass is 361 g/mol. The van der Waals surface area contributed by atoms with E-state index >= 15 is 0 Å². The average Bonchev–Trinajstić information content (AvgIpc) is 2.70. The molecule has 1 aromatic rings. The Kier molecular flexibility index (Phi) is 7.91. The summed E-state index contributed by atoms with van der Waals surface area (Å²) in [5, 5.41) is 2.79. The topological polar surface area (TPSA) is 61.9 Å². The van der Waals surface area contributed by atoms with Crippen LogP contribution in [0.4, 0.5) is 4.79 Å². The predicted molar refractivity (Wildman–Crippen MR) is 102 cm³/mol. The maximum atomic E-state index is 12.9. The molecule has 6 nitrogen and oxygen atoms in total. The van der Waals surface area contributed by atoms with Crippen LogP contribution in [-0.4, -0.2) is 60.6 Å². The van der Waals surface area contributed by atoms with Crippen molar-refractivity contribution in [3.8, 4) is 0 Å². The zero-order valence-electron chi connectivity index (χ0n) is 16.1. The normalized spacial score (nSPS) is 17.4. The molecule has 0 spiro atoms. The third-order valence-corrected chi connectivity index (χ3v) is 5.10. The minimum absolute atomic E-state index is 0.00763. The van der Waals surface area contributed by atoms with Crippen LogP contribution in [-0.2, 0) is 16.1 Å². The quantitative estimate of drug-likeness (QED) is 0.810. The van der Waals surface area contributed by atoms with Gasteiger partial charge in [-0.15, -0.1) is 0 Å². The van der Waals surface area contributed by atoms with Crippen molar-refractivity contribution in [1.82, 2.24) is 15.1 Å². The van der Waals surface area contributed by atoms with Gasteiger partial charge in [-0.2, -0.15) is 0 Å². The SMILES string of the molecule is CC[C@@H](C)[C@H](NC(=O)OCc1ccccc1)C(=O)N1CCN(CC)CC1. The number of piperazine rings is 1. The molecule has 26 heavy (non-hydrogen) atoms. The molecule has 1 N–H and O–H groups in total. The van der Waals surface area contributed by atoms with Gasteiger partial charge in [0.1, 0.15) is 12.6 Å². The summed E-state index contributed by atoms with van der Waals surface area (Å²) in [4.78, 5) is 29.3. The number of benzene rings is 1. The number of amides is 2. The molecule has 0 aromatic heterocycles. The molecule has 144 valence electrons. The number of nitrogens with one attached hydrogen (secondary N) is 1. The van der Waals surface area contributed by atoms with E-state index in [1.165, 1.54) is 0 Å². The van der Waals surface area contributed by atoms with Crippen LogP contribution in [0.25, 0.3) is 0 Å². The molecule has 1 saturated heterocycles. The van der Waals surface area contributed by atoms with Crippen LogP contribution >= 0.6 is 0 Å². The molecule has 1 aliphatic rings. The van der Waals surface area contributed by atoms with Gasteiger partial charge in [-0.05, 0) is 18.0 Å². The van der Waals surface area contributed by atoms with E-state index in [1.807, 2.05) is 49.1 Å². The second-order valence-electron chi connectivity index (χ2n) is 6.83. The van der Waals surface area contributed by atoms with E-state index in [0.29, 0.717) is 13.1 Å². The first kappa shape index (κ1) is 20.2. The smallest absolute Gasteiger partial charge is 0.408 e. The van der Waals surface area contributed by atoms with Crippen LogP contribution in [0.15, 0.2) is 30.3 Å². The van der Waals surface area contributed by atoms with Crippen molar-refractivity contribution in [1.29, 1.82) is 0 Å². The van der Waals surface area contributed by atoms with E-state index in [-0.39, 0.29) is 18.4 Å². The Balaban J connectivity index is 1.91. The Morgan fingerprint density at radius 1 is 1.12 bits per heavy atom. The average molecular weight is 361 g/mol. The van der Waals surface area contributed by atoms with Gasteiger partial charge >= 0.3 is 6.09 Å². The molecular formula is C20H31N3O3. The maximum absolute atomic E-state index is 12.9. The van der Waals surface area contributed by atoms with E-state index in [0.717, 1.165) is 31.6 Å². The van der Waals surface area contributed by atoms with Crippen molar-refractivity contribution in [2.45, 2.75) is 39.8 Å². The molecule has 0 radical (unpaired) electrons. The zero-order chi connectivity index (χ0) is 18.9. The van der Waals surface area contributed by atoms with E-state index in [9.17, 15) is 9.59 Å². The lowest BCUT2D eigenvalue weighted by atomic mass is 9.97. The third kappa shape index (κ3) is 5.73. The molecule has 1 aliphatic heterocycles. The standard InChI is InChI=1S/C20H31N3O3/c1-4-16(3)18(19(24)23-13-11-22(5-2)12-14-23)21-20(25)26-15-17-9-7-6-8-10-17/h6-10,16,18H,4-5,11-15H2,1-3H3,(H,21,25)/t16-,18+/m1/s1. The molecule has 0 unspecified atom stereocenters. The van der Waals surface area contributed by atoms with Crippen LogP contribution in [0.1, 0.15) is 32.8 Å². The summed E-state index contributed by atoms with van der Waals surface area (Å²) < 4.78 is 5.30. The largest absolute Gasteiger partial charge is 0.445 e. The van der Waals surface area contributed by atoms with Gasteiger partial charge in [-0.1, -0.05) is 57.5 Å². The Hall–Kier alpha value is -2.08. The van der Waals surface area contributed by atoms with Gasteiger partial charge in [0.15, 0.2) is 0 Å². The summed E-state index contributed by atoms with van der Waals surface area (Å²) in [5.41, 5.74) is 0.921. The first-order valence-corrected chi connectivity index (χ1v) is 9.53. The number of hydrogen-bond acceptors (Lipinski definition) is 4. The fourth-order valence-corrected chi connectivity index (χ4v) is 3.06. The van der Waals surface area contributed by atoms with Gasteiger partial charge in [-0.3, -0.25) is 4.79 Å². The second kappa shape index (κ2) is 10.2. The maximum Gasteiger partial charge on any atom is 0.408 e. The summed E-state index contributed by atoms with van der Waals surface area (Å²) in [6.45, 7) is 10.5. The number of hydrogen-bond donors (Lipinski definition) is 1. The first-order valence-electron chi connectivity index (χ1n) is 9.53. The minimum atomic E-state index is -0.545. The molecule has 2 rings (SSSR count). The molecule has 0 aliphatic carbocycles. The van der Waals surface area contributed by atoms with Crippen molar-refractivity contribution in [2.75, 3.05) is 32.7 Å². The molecule has 0 bridgehead atoms. The van der Waals surface area contributed by atoms with Gasteiger partial charge in [0.05, 0.1) is 0 Å². The van der Waals surface area contributed by atoms with E-state index in [4.69, 9.17) is 4.74 Å². The number of nitrogens with zero attached hydrogens (tertiary/aromatic N) is 2. The lowest BCUT2D eigenvalue weighted by Gasteiger charge is -2.37. The number of carbonyl (C=O) groups excluding carboxylic acids is 2. The number of carbonyl (C=O) groups is 2. The number of alkyl carbamates (subject to hydrolysis) is 1. The lowest BCUT2D eigenvalue weighted by Crippen LogP contribution is -2.56. The molecule has 6 heteroatoms. The molecule has 1 fully saturated rings. The Labute approximate surface area is 156 Å². The summed E-state index contributed by atoms with van der Waals surface area (Å²) >= 11 is 0. The Morgan fingerprint density at radius 3 is 2.35 bits per heavy atom. The number of rotatable bonds is 7. The van der Waals surface area contributed by atoms with Gasteiger partial charge in [-0.25, -0.2) is 4.79 Å². The summed E-state index contributed by atoms with van der Waals surface area (Å²) in [6.07, 6.45) is 0.268. The summed E-state index contributed by atoms with van der Waals surface area (Å²) in [6, 6.07) is 8.97. The minimum Gasteiger partial charge on any atom is -0.445 e. The fraction of sp³-hybridized carbons (Fsp3) is 0.600. The number of likely N-dealkylation sites (N-methyl/N-ethyl adjacent to an activating group) is 1. The molecule has 2 atom stereocenters. The molecule has 1 aromatic carbocycles. The predicted octanol–water partition coefficient (Wildman–Crippen LogP) is 2.49. The van der Waals surface area contributed by atoms with Crippen molar-refractivity contribution in [2.24, 2.45) is 5.92 Å². The van der Waals surface area contributed by atoms with Crippen molar-refractivity contribution in [3.63, 3.8) is 0 Å². The van der Waals surface area contributed by atoms with E-state index in [1.54, 1.807) is 0 Å². The zero-order valence-corrected chi connectivity index (χ0v) is 16.1. The highest BCUT2D eigenvalue weighted by atomic mass is 16.5. The van der Waals surface area contributed by atoms with E-state index < -0.39 is 12.1 Å². The van der Waals surface area contributed by atoms with Crippen molar-refractivity contribution in [3.05, 3.63) is 35.9 Å². The van der Waals surface area contributed by atoms with Crippen LogP contribution in [0.5, 0.6) is 0 Å². The van der Waals surface area contributed by atoms with Gasteiger partial charge < -0.3 is 19.9 Å². The highest BCUT2D eigenvalue weighted by molar-refractivity contribution is 5.86. The van der Waals surface area contributed by atoms with Gasteiger partial charge in [0, 0.05) is 26.2 Å². The Bertz CT molecular complexity index is 571. The second-order valence-corrected chi connectivity index (χ2v) is 6.83. The van der Waals surface area contributed by atoms with Crippen molar-refractivity contribution < 1.29 is 14.3 Å². The van der Waals surface area contributed by atoms with Gasteiger partial charge in [0.2, 0.25) is 5.91 Å². The van der Waals surface area contributed by atoms with Crippen LogP contribution in [0, 0.1) is 5.92 Å². The van der Waals surface area contributed by atoms with Gasteiger partial charge in [0.25, 0.3) is 0 Å². The summed E-state index contributed by atoms with van der Waals surface area (Å²) in [7, 11) is 0. The van der Waals surface area contributed by atoms with E-state index in [2.05, 4.69) is 17.1 Å².